The van der Waals surface area contributed by atoms with Gasteiger partial charge in [0.2, 0.25) is 5.91 Å². The number of hydrogen-bond acceptors (Lipinski definition) is 3. The fourth-order valence-electron chi connectivity index (χ4n) is 4.51. The van der Waals surface area contributed by atoms with E-state index >= 15 is 0 Å². The molecule has 0 radical (unpaired) electrons. The largest absolute Gasteiger partial charge is 0.325 e. The topological polar surface area (TPSA) is 35.6 Å². The van der Waals surface area contributed by atoms with Gasteiger partial charge in [0.15, 0.2) is 0 Å². The Morgan fingerprint density at radius 2 is 1.54 bits per heavy atom. The van der Waals surface area contributed by atoms with E-state index in [1.807, 2.05) is 12.1 Å². The van der Waals surface area contributed by atoms with E-state index in [2.05, 4.69) is 53.5 Å². The third kappa shape index (κ3) is 3.24. The normalized spacial score (nSPS) is 23.2. The van der Waals surface area contributed by atoms with Crippen LogP contribution in [-0.2, 0) is 10.2 Å². The summed E-state index contributed by atoms with van der Waals surface area (Å²) in [6.07, 6.45) is 8.49. The van der Waals surface area contributed by atoms with Gasteiger partial charge in [-0.05, 0) is 51.4 Å². The molecular weight excluding hydrogens is 322 g/mol. The number of fused-ring (bicyclic) bond motifs is 1. The summed E-state index contributed by atoms with van der Waals surface area (Å²) >= 11 is 0. The quantitative estimate of drug-likeness (QED) is 0.847. The summed E-state index contributed by atoms with van der Waals surface area (Å²) in [5.74, 6) is 0.179. The number of hydrogen-bond donors (Lipinski definition) is 1. The van der Waals surface area contributed by atoms with Crippen molar-refractivity contribution in [3.63, 3.8) is 0 Å². The lowest BCUT2D eigenvalue weighted by Gasteiger charge is -2.33. The van der Waals surface area contributed by atoms with Crippen LogP contribution in [-0.4, -0.2) is 56.0 Å². The molecule has 0 bridgehead atoms. The summed E-state index contributed by atoms with van der Waals surface area (Å²) in [6.45, 7) is 4.14. The summed E-state index contributed by atoms with van der Waals surface area (Å²) in [7, 11) is 4.31. The third-order valence-corrected chi connectivity index (χ3v) is 6.20. The van der Waals surface area contributed by atoms with Gasteiger partial charge in [-0.2, -0.15) is 0 Å². The number of likely N-dealkylation sites (N-methyl/N-ethyl adjacent to an activating group) is 2. The van der Waals surface area contributed by atoms with E-state index in [4.69, 9.17) is 0 Å². The Hall–Kier alpha value is -1.91. The number of amides is 1. The Kier molecular flexibility index (Phi) is 4.72. The van der Waals surface area contributed by atoms with E-state index < -0.39 is 5.41 Å². The lowest BCUT2D eigenvalue weighted by atomic mass is 9.70. The zero-order valence-corrected chi connectivity index (χ0v) is 15.9. The van der Waals surface area contributed by atoms with Crippen LogP contribution in [0.2, 0.25) is 0 Å². The second-order valence-electron chi connectivity index (χ2n) is 8.18. The molecule has 1 aromatic rings. The van der Waals surface area contributed by atoms with Crippen LogP contribution in [0.4, 0.5) is 5.69 Å². The van der Waals surface area contributed by atoms with Gasteiger partial charge in [-0.3, -0.25) is 4.79 Å². The zero-order chi connectivity index (χ0) is 18.1. The van der Waals surface area contributed by atoms with E-state index in [-0.39, 0.29) is 5.91 Å². The molecule has 0 spiro atoms. The van der Waals surface area contributed by atoms with Crippen molar-refractivity contribution in [3.05, 3.63) is 53.1 Å². The number of rotatable bonds is 4. The van der Waals surface area contributed by atoms with E-state index in [0.29, 0.717) is 0 Å². The van der Waals surface area contributed by atoms with Gasteiger partial charge in [0.05, 0.1) is 5.41 Å². The Balaban J connectivity index is 1.69. The van der Waals surface area contributed by atoms with E-state index in [9.17, 15) is 4.79 Å². The molecule has 1 N–H and O–H groups in total. The molecule has 3 heterocycles. The molecule has 0 fully saturated rings. The Bertz CT molecular complexity index is 732. The van der Waals surface area contributed by atoms with Crippen molar-refractivity contribution in [2.45, 2.75) is 31.1 Å². The number of carbonyl (C=O) groups excluding carboxylic acids is 1. The monoisotopic (exact) mass is 351 g/mol. The fraction of sp³-hybridized carbons (Fsp3) is 0.500. The molecule has 4 heteroatoms. The van der Waals surface area contributed by atoms with Gasteiger partial charge in [-0.1, -0.05) is 41.5 Å². The second kappa shape index (κ2) is 7.01. The third-order valence-electron chi connectivity index (χ3n) is 6.20. The van der Waals surface area contributed by atoms with Crippen LogP contribution in [0.3, 0.4) is 0 Å². The highest BCUT2D eigenvalue weighted by Crippen LogP contribution is 2.47. The van der Waals surface area contributed by atoms with Crippen LogP contribution in [0.5, 0.6) is 0 Å². The zero-order valence-electron chi connectivity index (χ0n) is 15.9. The van der Waals surface area contributed by atoms with Crippen molar-refractivity contribution in [1.82, 2.24) is 9.80 Å². The minimum Gasteiger partial charge on any atom is -0.325 e. The van der Waals surface area contributed by atoms with Crippen LogP contribution in [0, 0.1) is 0 Å². The smallest absolute Gasteiger partial charge is 0.235 e. The van der Waals surface area contributed by atoms with Gasteiger partial charge in [0.25, 0.3) is 0 Å². The lowest BCUT2D eigenvalue weighted by molar-refractivity contribution is -0.120. The summed E-state index contributed by atoms with van der Waals surface area (Å²) in [5.41, 5.74) is 4.61. The average Bonchev–Trinajstić information content (AvgIpc) is 2.91. The molecule has 3 aliphatic heterocycles. The Morgan fingerprint density at radius 3 is 2.08 bits per heavy atom. The van der Waals surface area contributed by atoms with E-state index in [1.54, 1.807) is 0 Å². The number of nitrogens with zero attached hydrogens (tertiary/aromatic N) is 2. The van der Waals surface area contributed by atoms with Gasteiger partial charge >= 0.3 is 0 Å². The van der Waals surface area contributed by atoms with E-state index in [1.165, 1.54) is 16.7 Å². The van der Waals surface area contributed by atoms with Crippen molar-refractivity contribution >= 4 is 11.6 Å². The molecule has 138 valence electrons. The van der Waals surface area contributed by atoms with Crippen LogP contribution in [0.1, 0.15) is 31.2 Å². The van der Waals surface area contributed by atoms with Crippen LogP contribution in [0.25, 0.3) is 0 Å². The molecule has 1 amide bonds. The number of benzene rings is 1. The minimum atomic E-state index is -0.444. The maximum absolute atomic E-state index is 13.2. The molecule has 0 aromatic heterocycles. The number of carbonyl (C=O) groups is 1. The number of para-hydroxylation sites is 1. The molecule has 0 saturated carbocycles. The first-order chi connectivity index (χ1) is 12.6. The van der Waals surface area contributed by atoms with Crippen molar-refractivity contribution in [2.75, 3.05) is 45.6 Å². The van der Waals surface area contributed by atoms with Gasteiger partial charge in [0.1, 0.15) is 0 Å². The van der Waals surface area contributed by atoms with Crippen LogP contribution in [0.15, 0.2) is 47.6 Å². The van der Waals surface area contributed by atoms with Crippen LogP contribution < -0.4 is 5.32 Å². The second-order valence-corrected chi connectivity index (χ2v) is 8.18. The predicted molar refractivity (Wildman–Crippen MR) is 106 cm³/mol. The molecule has 0 aliphatic carbocycles. The molecule has 3 aliphatic rings. The first kappa shape index (κ1) is 17.5. The summed E-state index contributed by atoms with van der Waals surface area (Å²) in [6, 6.07) is 8.28. The SMILES string of the molecule is CN1CC=C(CC2(CC3=CCN(C)CC3)C(=O)Nc3ccccc32)CC1. The fourth-order valence-corrected chi connectivity index (χ4v) is 4.51. The van der Waals surface area contributed by atoms with E-state index in [0.717, 1.165) is 57.5 Å². The van der Waals surface area contributed by atoms with Crippen LogP contribution >= 0.6 is 0 Å². The van der Waals surface area contributed by atoms with Crippen molar-refractivity contribution < 1.29 is 4.79 Å². The Morgan fingerprint density at radius 1 is 0.962 bits per heavy atom. The first-order valence-corrected chi connectivity index (χ1v) is 9.71. The Labute approximate surface area is 156 Å². The molecule has 0 atom stereocenters. The van der Waals surface area contributed by atoms with Crippen molar-refractivity contribution in [3.8, 4) is 0 Å². The molecule has 0 saturated heterocycles. The summed E-state index contributed by atoms with van der Waals surface area (Å²) < 4.78 is 0. The highest BCUT2D eigenvalue weighted by molar-refractivity contribution is 6.06. The highest BCUT2D eigenvalue weighted by atomic mass is 16.2. The minimum absolute atomic E-state index is 0.179. The molecular formula is C22H29N3O. The molecule has 4 nitrogen and oxygen atoms in total. The summed E-state index contributed by atoms with van der Waals surface area (Å²) in [5, 5.41) is 3.17. The average molecular weight is 351 g/mol. The van der Waals surface area contributed by atoms with Gasteiger partial charge in [-0.15, -0.1) is 0 Å². The molecule has 0 unspecified atom stereocenters. The molecule has 4 rings (SSSR count). The predicted octanol–water partition coefficient (Wildman–Crippen LogP) is 3.18. The number of nitrogens with one attached hydrogen (secondary N) is 1. The number of anilines is 1. The van der Waals surface area contributed by atoms with Crippen molar-refractivity contribution in [1.29, 1.82) is 0 Å². The highest BCUT2D eigenvalue weighted by Gasteiger charge is 2.47. The van der Waals surface area contributed by atoms with Gasteiger partial charge in [-0.25, -0.2) is 0 Å². The van der Waals surface area contributed by atoms with Crippen molar-refractivity contribution in [2.24, 2.45) is 0 Å². The standard InChI is InChI=1S/C22H29N3O/c1-24-11-7-17(8-12-24)15-22(16-18-9-13-25(2)14-10-18)19-5-3-4-6-20(19)23-21(22)26/h3-7,9H,8,10-16H2,1-2H3,(H,23,26). The molecule has 1 aromatic carbocycles. The lowest BCUT2D eigenvalue weighted by Crippen LogP contribution is -2.38. The maximum atomic E-state index is 13.2. The molecule has 26 heavy (non-hydrogen) atoms. The van der Waals surface area contributed by atoms with Gasteiger partial charge < -0.3 is 15.1 Å². The first-order valence-electron chi connectivity index (χ1n) is 9.71. The summed E-state index contributed by atoms with van der Waals surface area (Å²) in [4.78, 5) is 17.9. The van der Waals surface area contributed by atoms with Gasteiger partial charge in [0, 0.05) is 31.9 Å². The maximum Gasteiger partial charge on any atom is 0.235 e.